The molecule has 0 fully saturated rings. The van der Waals surface area contributed by atoms with Crippen molar-refractivity contribution in [3.8, 4) is 0 Å². The molecule has 2 rings (SSSR count). The molecule has 0 aliphatic carbocycles. The summed E-state index contributed by atoms with van der Waals surface area (Å²) in [6.45, 7) is 0. The van der Waals surface area contributed by atoms with Crippen LogP contribution in [0, 0.1) is 5.82 Å². The molecule has 0 spiro atoms. The van der Waals surface area contributed by atoms with Gasteiger partial charge < -0.3 is 5.32 Å². The SMILES string of the molecule is O=C(Nc1c(Br)cccc1Br)c1ccc(F)c(S)c1. The van der Waals surface area contributed by atoms with Crippen molar-refractivity contribution < 1.29 is 9.18 Å². The first-order chi connectivity index (χ1) is 8.99. The number of nitrogens with one attached hydrogen (secondary N) is 1. The Hall–Kier alpha value is -0.850. The third kappa shape index (κ3) is 3.38. The van der Waals surface area contributed by atoms with Gasteiger partial charge in [0.05, 0.1) is 5.69 Å². The fourth-order valence-electron chi connectivity index (χ4n) is 1.46. The number of amides is 1. The molecule has 0 heterocycles. The quantitative estimate of drug-likeness (QED) is 0.685. The van der Waals surface area contributed by atoms with Gasteiger partial charge in [0.25, 0.3) is 5.91 Å². The van der Waals surface area contributed by atoms with E-state index in [1.807, 2.05) is 18.2 Å². The average Bonchev–Trinajstić information content (AvgIpc) is 2.37. The number of para-hydroxylation sites is 1. The number of carbonyl (C=O) groups excluding carboxylic acids is 1. The largest absolute Gasteiger partial charge is 0.320 e. The van der Waals surface area contributed by atoms with Gasteiger partial charge in [0.1, 0.15) is 5.82 Å². The zero-order valence-electron chi connectivity index (χ0n) is 9.45. The molecule has 0 aliphatic rings. The van der Waals surface area contributed by atoms with Crippen LogP contribution in [0.1, 0.15) is 10.4 Å². The molecule has 6 heteroatoms. The van der Waals surface area contributed by atoms with Crippen LogP contribution in [0.3, 0.4) is 0 Å². The lowest BCUT2D eigenvalue weighted by atomic mass is 10.2. The second kappa shape index (κ2) is 6.07. The van der Waals surface area contributed by atoms with E-state index in [9.17, 15) is 9.18 Å². The molecule has 0 radical (unpaired) electrons. The molecule has 2 nitrogen and oxygen atoms in total. The summed E-state index contributed by atoms with van der Waals surface area (Å²) in [6, 6.07) is 9.48. The first-order valence-electron chi connectivity index (χ1n) is 5.23. The van der Waals surface area contributed by atoms with Crippen LogP contribution in [0.2, 0.25) is 0 Å². The molecule has 0 saturated carbocycles. The Kier molecular flexibility index (Phi) is 4.65. The molecular weight excluding hydrogens is 397 g/mol. The molecule has 2 aromatic rings. The number of benzene rings is 2. The minimum Gasteiger partial charge on any atom is -0.320 e. The summed E-state index contributed by atoms with van der Waals surface area (Å²) in [7, 11) is 0. The Balaban J connectivity index is 2.28. The number of carbonyl (C=O) groups is 1. The standard InChI is InChI=1S/C13H8Br2FNOS/c14-8-2-1-3-9(15)12(8)17-13(18)7-4-5-10(16)11(19)6-7/h1-6,19H,(H,17,18). The van der Waals surface area contributed by atoms with E-state index >= 15 is 0 Å². The van der Waals surface area contributed by atoms with Crippen molar-refractivity contribution in [2.24, 2.45) is 0 Å². The average molecular weight is 405 g/mol. The highest BCUT2D eigenvalue weighted by Crippen LogP contribution is 2.31. The number of hydrogen-bond acceptors (Lipinski definition) is 2. The topological polar surface area (TPSA) is 29.1 Å². The summed E-state index contributed by atoms with van der Waals surface area (Å²) in [6.07, 6.45) is 0. The zero-order chi connectivity index (χ0) is 14.0. The summed E-state index contributed by atoms with van der Waals surface area (Å²) in [5.41, 5.74) is 0.964. The highest BCUT2D eigenvalue weighted by Gasteiger charge is 2.12. The second-order valence-electron chi connectivity index (χ2n) is 3.72. The van der Waals surface area contributed by atoms with Crippen LogP contribution in [0.5, 0.6) is 0 Å². The monoisotopic (exact) mass is 403 g/mol. The fraction of sp³-hybridized carbons (Fsp3) is 0. The Morgan fingerprint density at radius 1 is 1.16 bits per heavy atom. The van der Waals surface area contributed by atoms with E-state index in [1.54, 1.807) is 0 Å². The van der Waals surface area contributed by atoms with Gasteiger partial charge in [-0.25, -0.2) is 4.39 Å². The van der Waals surface area contributed by atoms with E-state index in [0.29, 0.717) is 11.3 Å². The van der Waals surface area contributed by atoms with Crippen LogP contribution >= 0.6 is 44.5 Å². The van der Waals surface area contributed by atoms with Gasteiger partial charge in [0, 0.05) is 19.4 Å². The number of rotatable bonds is 2. The maximum atomic E-state index is 13.1. The molecule has 0 aromatic heterocycles. The fourth-order valence-corrected chi connectivity index (χ4v) is 2.87. The molecule has 0 bridgehead atoms. The summed E-state index contributed by atoms with van der Waals surface area (Å²) >= 11 is 10.7. The molecular formula is C13H8Br2FNOS. The Morgan fingerprint density at radius 2 is 1.79 bits per heavy atom. The highest BCUT2D eigenvalue weighted by molar-refractivity contribution is 9.11. The Morgan fingerprint density at radius 3 is 2.37 bits per heavy atom. The molecule has 0 unspecified atom stereocenters. The third-order valence-electron chi connectivity index (χ3n) is 2.41. The first kappa shape index (κ1) is 14.6. The van der Waals surface area contributed by atoms with Crippen molar-refractivity contribution >= 4 is 56.1 Å². The van der Waals surface area contributed by atoms with Crippen LogP contribution in [0.4, 0.5) is 10.1 Å². The summed E-state index contributed by atoms with van der Waals surface area (Å²) in [4.78, 5) is 12.2. The van der Waals surface area contributed by atoms with Gasteiger partial charge in [-0.3, -0.25) is 4.79 Å². The van der Waals surface area contributed by atoms with Crippen molar-refractivity contribution in [3.63, 3.8) is 0 Å². The van der Waals surface area contributed by atoms with Crippen molar-refractivity contribution in [2.45, 2.75) is 4.90 Å². The van der Waals surface area contributed by atoms with Crippen LogP contribution in [0.25, 0.3) is 0 Å². The predicted octanol–water partition coefficient (Wildman–Crippen LogP) is 4.89. The highest BCUT2D eigenvalue weighted by atomic mass is 79.9. The maximum absolute atomic E-state index is 13.1. The van der Waals surface area contributed by atoms with E-state index in [2.05, 4.69) is 49.8 Å². The molecule has 0 aliphatic heterocycles. The van der Waals surface area contributed by atoms with Gasteiger partial charge in [-0.05, 0) is 62.2 Å². The molecule has 1 N–H and O–H groups in total. The molecule has 2 aromatic carbocycles. The van der Waals surface area contributed by atoms with E-state index in [-0.39, 0.29) is 10.8 Å². The molecule has 19 heavy (non-hydrogen) atoms. The van der Waals surface area contributed by atoms with Gasteiger partial charge in [0.15, 0.2) is 0 Å². The predicted molar refractivity (Wildman–Crippen MR) is 83.4 cm³/mol. The van der Waals surface area contributed by atoms with Crippen LogP contribution in [0.15, 0.2) is 50.2 Å². The van der Waals surface area contributed by atoms with Crippen molar-refractivity contribution in [1.29, 1.82) is 0 Å². The normalized spacial score (nSPS) is 10.3. The van der Waals surface area contributed by atoms with Gasteiger partial charge in [-0.2, -0.15) is 0 Å². The van der Waals surface area contributed by atoms with Crippen molar-refractivity contribution in [1.82, 2.24) is 0 Å². The number of thiol groups is 1. The van der Waals surface area contributed by atoms with Crippen LogP contribution < -0.4 is 5.32 Å². The lowest BCUT2D eigenvalue weighted by Crippen LogP contribution is -2.12. The Bertz CT molecular complexity index is 628. The van der Waals surface area contributed by atoms with E-state index < -0.39 is 5.82 Å². The first-order valence-corrected chi connectivity index (χ1v) is 7.26. The lowest BCUT2D eigenvalue weighted by Gasteiger charge is -2.10. The number of halogens is 3. The minimum atomic E-state index is -0.457. The van der Waals surface area contributed by atoms with Gasteiger partial charge >= 0.3 is 0 Å². The molecule has 0 saturated heterocycles. The van der Waals surface area contributed by atoms with Crippen molar-refractivity contribution in [3.05, 3.63) is 56.7 Å². The van der Waals surface area contributed by atoms with Gasteiger partial charge in [-0.15, -0.1) is 12.6 Å². The van der Waals surface area contributed by atoms with Crippen molar-refractivity contribution in [2.75, 3.05) is 5.32 Å². The van der Waals surface area contributed by atoms with Gasteiger partial charge in [-0.1, -0.05) is 6.07 Å². The zero-order valence-corrected chi connectivity index (χ0v) is 13.5. The Labute approximate surface area is 132 Å². The minimum absolute atomic E-state index is 0.138. The van der Waals surface area contributed by atoms with E-state index in [4.69, 9.17) is 0 Å². The summed E-state index contributed by atoms with van der Waals surface area (Å²) in [5.74, 6) is -0.787. The molecule has 98 valence electrons. The van der Waals surface area contributed by atoms with E-state index in [1.165, 1.54) is 18.2 Å². The van der Waals surface area contributed by atoms with Crippen LogP contribution in [-0.2, 0) is 0 Å². The summed E-state index contributed by atoms with van der Waals surface area (Å²) in [5, 5.41) is 2.75. The number of anilines is 1. The van der Waals surface area contributed by atoms with Gasteiger partial charge in [0.2, 0.25) is 0 Å². The second-order valence-corrected chi connectivity index (χ2v) is 5.91. The molecule has 0 atom stereocenters. The van der Waals surface area contributed by atoms with Crippen LogP contribution in [-0.4, -0.2) is 5.91 Å². The number of hydrogen-bond donors (Lipinski definition) is 2. The van der Waals surface area contributed by atoms with E-state index in [0.717, 1.165) is 8.95 Å². The smallest absolute Gasteiger partial charge is 0.255 e. The third-order valence-corrected chi connectivity index (χ3v) is 4.07. The molecule has 1 amide bonds. The summed E-state index contributed by atoms with van der Waals surface area (Å²) < 4.78 is 14.6. The maximum Gasteiger partial charge on any atom is 0.255 e. The lowest BCUT2D eigenvalue weighted by molar-refractivity contribution is 0.102.